The van der Waals surface area contributed by atoms with Crippen molar-refractivity contribution in [1.29, 1.82) is 0 Å². The summed E-state index contributed by atoms with van der Waals surface area (Å²) in [5, 5.41) is 0. The quantitative estimate of drug-likeness (QED) is 0.517. The lowest BCUT2D eigenvalue weighted by Gasteiger charge is -2.43. The molecule has 2 aliphatic rings. The lowest BCUT2D eigenvalue weighted by Crippen LogP contribution is -2.37. The van der Waals surface area contributed by atoms with Crippen molar-refractivity contribution < 1.29 is 0 Å². The van der Waals surface area contributed by atoms with Gasteiger partial charge in [0.25, 0.3) is 0 Å². The van der Waals surface area contributed by atoms with Crippen LogP contribution in [0.25, 0.3) is 0 Å². The van der Waals surface area contributed by atoms with Crippen LogP contribution in [-0.4, -0.2) is 4.43 Å². The minimum Gasteiger partial charge on any atom is -0.0857 e. The average Bonchev–Trinajstić information content (AvgIpc) is 2.73. The Morgan fingerprint density at radius 1 is 0.923 bits per heavy atom. The fourth-order valence-electron chi connectivity index (χ4n) is 3.64. The van der Waals surface area contributed by atoms with Crippen molar-refractivity contribution in [3.63, 3.8) is 0 Å². The SMILES string of the molecule is CC1(C2(CI)CCCC2)CCCC1. The highest BCUT2D eigenvalue weighted by molar-refractivity contribution is 14.1. The van der Waals surface area contributed by atoms with E-state index in [1.165, 1.54) is 55.8 Å². The third-order valence-electron chi connectivity index (χ3n) is 4.80. The minimum absolute atomic E-state index is 0.713. The van der Waals surface area contributed by atoms with Crippen LogP contribution in [0, 0.1) is 10.8 Å². The Hall–Kier alpha value is 0.730. The van der Waals surface area contributed by atoms with Crippen LogP contribution in [-0.2, 0) is 0 Å². The molecule has 0 radical (unpaired) electrons. The second kappa shape index (κ2) is 3.71. The summed E-state index contributed by atoms with van der Waals surface area (Å²) in [7, 11) is 0. The van der Waals surface area contributed by atoms with E-state index >= 15 is 0 Å². The highest BCUT2D eigenvalue weighted by Gasteiger charge is 2.49. The van der Waals surface area contributed by atoms with Crippen molar-refractivity contribution in [2.24, 2.45) is 10.8 Å². The normalized spacial score (nSPS) is 30.9. The second-order valence-corrected chi connectivity index (χ2v) is 6.15. The van der Waals surface area contributed by atoms with Gasteiger partial charge in [-0.05, 0) is 36.5 Å². The molecule has 0 amide bonds. The molecule has 0 aromatic rings. The van der Waals surface area contributed by atoms with Gasteiger partial charge in [-0.25, -0.2) is 0 Å². The number of rotatable bonds is 2. The summed E-state index contributed by atoms with van der Waals surface area (Å²) in [4.78, 5) is 0. The molecule has 0 heterocycles. The topological polar surface area (TPSA) is 0 Å². The van der Waals surface area contributed by atoms with Gasteiger partial charge in [-0.15, -0.1) is 0 Å². The van der Waals surface area contributed by atoms with Crippen LogP contribution in [0.4, 0.5) is 0 Å². The van der Waals surface area contributed by atoms with Gasteiger partial charge < -0.3 is 0 Å². The van der Waals surface area contributed by atoms with Crippen LogP contribution in [0.3, 0.4) is 0 Å². The maximum Gasteiger partial charge on any atom is 0.00572 e. The van der Waals surface area contributed by atoms with Crippen LogP contribution in [0.2, 0.25) is 0 Å². The molecule has 0 saturated heterocycles. The molecule has 0 spiro atoms. The number of halogens is 1. The standard InChI is InChI=1S/C12H21I/c1-11(6-2-3-7-11)12(10-13)8-4-5-9-12/h2-10H2,1H3. The highest BCUT2D eigenvalue weighted by Crippen LogP contribution is 2.59. The lowest BCUT2D eigenvalue weighted by atomic mass is 9.63. The molecule has 2 rings (SSSR count). The molecule has 0 aliphatic heterocycles. The predicted octanol–water partition coefficient (Wildman–Crippen LogP) is 4.56. The summed E-state index contributed by atoms with van der Waals surface area (Å²) >= 11 is 2.64. The Balaban J connectivity index is 2.18. The monoisotopic (exact) mass is 292 g/mol. The zero-order chi connectivity index (χ0) is 9.36. The van der Waals surface area contributed by atoms with Crippen molar-refractivity contribution in [1.82, 2.24) is 0 Å². The summed E-state index contributed by atoms with van der Waals surface area (Å²) in [5.41, 5.74) is 1.45. The third kappa shape index (κ3) is 1.55. The Kier molecular flexibility index (Phi) is 2.93. The lowest BCUT2D eigenvalue weighted by molar-refractivity contribution is 0.0910. The van der Waals surface area contributed by atoms with Gasteiger partial charge in [0.15, 0.2) is 0 Å². The van der Waals surface area contributed by atoms with E-state index in [4.69, 9.17) is 0 Å². The smallest absolute Gasteiger partial charge is 0.00572 e. The highest BCUT2D eigenvalue weighted by atomic mass is 127. The second-order valence-electron chi connectivity index (χ2n) is 5.39. The number of alkyl halides is 1. The van der Waals surface area contributed by atoms with Crippen LogP contribution in [0.15, 0.2) is 0 Å². The molecular formula is C12H21I. The first-order chi connectivity index (χ1) is 6.22. The Morgan fingerprint density at radius 3 is 1.85 bits per heavy atom. The van der Waals surface area contributed by atoms with E-state index in [9.17, 15) is 0 Å². The average molecular weight is 292 g/mol. The largest absolute Gasteiger partial charge is 0.0857 e. The fraction of sp³-hybridized carbons (Fsp3) is 1.00. The molecule has 0 atom stereocenters. The van der Waals surface area contributed by atoms with Crippen molar-refractivity contribution in [3.05, 3.63) is 0 Å². The van der Waals surface area contributed by atoms with Crippen LogP contribution in [0.5, 0.6) is 0 Å². The zero-order valence-electron chi connectivity index (χ0n) is 8.74. The molecule has 2 fully saturated rings. The molecule has 0 aromatic carbocycles. The predicted molar refractivity (Wildman–Crippen MR) is 66.4 cm³/mol. The minimum atomic E-state index is 0.713. The molecule has 0 aromatic heterocycles. The first-order valence-corrected chi connectivity index (χ1v) is 7.31. The summed E-state index contributed by atoms with van der Waals surface area (Å²) in [6.07, 6.45) is 12.0. The van der Waals surface area contributed by atoms with Gasteiger partial charge in [0.1, 0.15) is 0 Å². The Morgan fingerprint density at radius 2 is 1.38 bits per heavy atom. The molecule has 0 unspecified atom stereocenters. The summed E-state index contributed by atoms with van der Waals surface area (Å²) in [6, 6.07) is 0. The van der Waals surface area contributed by atoms with Crippen LogP contribution >= 0.6 is 22.6 Å². The molecule has 76 valence electrons. The zero-order valence-corrected chi connectivity index (χ0v) is 10.9. The van der Waals surface area contributed by atoms with Gasteiger partial charge >= 0.3 is 0 Å². The van der Waals surface area contributed by atoms with E-state index in [-0.39, 0.29) is 0 Å². The molecule has 2 aliphatic carbocycles. The first kappa shape index (κ1) is 10.3. The van der Waals surface area contributed by atoms with E-state index in [1.807, 2.05) is 0 Å². The van der Waals surface area contributed by atoms with Crippen molar-refractivity contribution in [3.8, 4) is 0 Å². The molecule has 2 saturated carbocycles. The van der Waals surface area contributed by atoms with Gasteiger partial charge in [-0.2, -0.15) is 0 Å². The Bertz CT molecular complexity index is 174. The van der Waals surface area contributed by atoms with Crippen molar-refractivity contribution >= 4 is 22.6 Å². The van der Waals surface area contributed by atoms with E-state index in [0.29, 0.717) is 5.41 Å². The summed E-state index contributed by atoms with van der Waals surface area (Å²) in [5.74, 6) is 0. The van der Waals surface area contributed by atoms with E-state index in [2.05, 4.69) is 29.5 Å². The van der Waals surface area contributed by atoms with Crippen molar-refractivity contribution in [2.75, 3.05) is 4.43 Å². The van der Waals surface area contributed by atoms with Gasteiger partial charge in [0.05, 0.1) is 0 Å². The van der Waals surface area contributed by atoms with Gasteiger partial charge in [-0.3, -0.25) is 0 Å². The molecule has 0 N–H and O–H groups in total. The first-order valence-electron chi connectivity index (χ1n) is 5.79. The number of hydrogen-bond acceptors (Lipinski definition) is 0. The third-order valence-corrected chi connectivity index (χ3v) is 6.26. The van der Waals surface area contributed by atoms with Crippen LogP contribution in [0.1, 0.15) is 58.3 Å². The fourth-order valence-corrected chi connectivity index (χ4v) is 5.32. The molecule has 0 bridgehead atoms. The molecule has 1 heteroatoms. The summed E-state index contributed by atoms with van der Waals surface area (Å²) < 4.78 is 1.40. The molecular weight excluding hydrogens is 271 g/mol. The Labute approximate surface area is 96.0 Å². The van der Waals surface area contributed by atoms with Crippen molar-refractivity contribution in [2.45, 2.75) is 58.3 Å². The van der Waals surface area contributed by atoms with Crippen LogP contribution < -0.4 is 0 Å². The van der Waals surface area contributed by atoms with Gasteiger partial charge in [0.2, 0.25) is 0 Å². The maximum atomic E-state index is 2.64. The maximum absolute atomic E-state index is 2.64. The summed E-state index contributed by atoms with van der Waals surface area (Å²) in [6.45, 7) is 2.57. The molecule has 0 nitrogen and oxygen atoms in total. The number of hydrogen-bond donors (Lipinski definition) is 0. The molecule has 13 heavy (non-hydrogen) atoms. The van der Waals surface area contributed by atoms with E-state index in [0.717, 1.165) is 5.41 Å². The van der Waals surface area contributed by atoms with E-state index < -0.39 is 0 Å². The van der Waals surface area contributed by atoms with Gasteiger partial charge in [0, 0.05) is 4.43 Å². The van der Waals surface area contributed by atoms with E-state index in [1.54, 1.807) is 0 Å². The van der Waals surface area contributed by atoms with Gasteiger partial charge in [-0.1, -0.05) is 55.2 Å².